The molecule has 216 valence electrons. The van der Waals surface area contributed by atoms with Crippen LogP contribution in [0.25, 0.3) is 0 Å². The zero-order chi connectivity index (χ0) is 29.1. The van der Waals surface area contributed by atoms with Crippen LogP contribution in [-0.2, 0) is 30.8 Å². The molecule has 3 rings (SSSR count). The summed E-state index contributed by atoms with van der Waals surface area (Å²) in [6.07, 6.45) is 2.70. The predicted octanol–water partition coefficient (Wildman–Crippen LogP) is 3.06. The Labute approximate surface area is 232 Å². The molecule has 0 aromatic heterocycles. The molecule has 1 aromatic rings. The van der Waals surface area contributed by atoms with E-state index in [0.717, 1.165) is 16.9 Å². The number of nitrogens with one attached hydrogen (secondary N) is 1. The number of esters is 1. The van der Waals surface area contributed by atoms with Crippen LogP contribution >= 0.6 is 0 Å². The first-order valence-electron chi connectivity index (χ1n) is 13.5. The molecule has 0 spiro atoms. The molecule has 1 saturated heterocycles. The molecule has 2 aliphatic rings. The first-order chi connectivity index (χ1) is 18.2. The van der Waals surface area contributed by atoms with Crippen LogP contribution in [0.15, 0.2) is 21.4 Å². The van der Waals surface area contributed by atoms with Gasteiger partial charge in [0.25, 0.3) is 10.0 Å². The number of likely N-dealkylation sites (tertiary alicyclic amines) is 1. The van der Waals surface area contributed by atoms with Crippen LogP contribution in [0.4, 0.5) is 0 Å². The smallest absolute Gasteiger partial charge is 0.309 e. The molecule has 2 heterocycles. The maximum Gasteiger partial charge on any atom is 0.309 e. The lowest BCUT2D eigenvalue weighted by Gasteiger charge is -2.31. The van der Waals surface area contributed by atoms with Crippen molar-refractivity contribution in [2.75, 3.05) is 26.2 Å². The van der Waals surface area contributed by atoms with E-state index in [0.29, 0.717) is 75.0 Å². The molecule has 0 unspecified atom stereocenters. The van der Waals surface area contributed by atoms with Crippen molar-refractivity contribution in [2.45, 2.75) is 84.1 Å². The Balaban J connectivity index is 1.54. The summed E-state index contributed by atoms with van der Waals surface area (Å²) in [4.78, 5) is 26.5. The van der Waals surface area contributed by atoms with E-state index >= 15 is 0 Å². The van der Waals surface area contributed by atoms with Crippen molar-refractivity contribution in [2.24, 2.45) is 16.0 Å². The molecule has 1 aromatic carbocycles. The fraction of sp³-hybridized carbons (Fsp3) is 0.607. The van der Waals surface area contributed by atoms with Crippen molar-refractivity contribution in [3.8, 4) is 5.75 Å². The number of guanidine groups is 1. The molecule has 3 N–H and O–H groups in total. The Bertz CT molecular complexity index is 1280. The second kappa shape index (κ2) is 12.0. The molecule has 1 amide bonds. The second-order valence-electron chi connectivity index (χ2n) is 11.0. The number of nitrogens with two attached hydrogens (primary N) is 1. The number of hydrogen-bond donors (Lipinski definition) is 2. The number of amides is 1. The average molecular weight is 563 g/mol. The van der Waals surface area contributed by atoms with Gasteiger partial charge in [0.15, 0.2) is 0 Å². The minimum Gasteiger partial charge on any atom is -0.487 e. The minimum absolute atomic E-state index is 0.133. The highest BCUT2D eigenvalue weighted by Gasteiger charge is 2.36. The lowest BCUT2D eigenvalue weighted by molar-refractivity contribution is -0.150. The van der Waals surface area contributed by atoms with E-state index in [1.165, 1.54) is 0 Å². The number of rotatable bonds is 9. The van der Waals surface area contributed by atoms with Crippen LogP contribution < -0.4 is 15.8 Å². The van der Waals surface area contributed by atoms with Gasteiger partial charge >= 0.3 is 5.97 Å². The highest BCUT2D eigenvalue weighted by molar-refractivity contribution is 7.90. The zero-order valence-corrected chi connectivity index (χ0v) is 24.8. The molecule has 0 saturated carbocycles. The van der Waals surface area contributed by atoms with Crippen LogP contribution in [-0.4, -0.2) is 63.0 Å². The van der Waals surface area contributed by atoms with Gasteiger partial charge in [-0.05, 0) is 83.9 Å². The van der Waals surface area contributed by atoms with E-state index in [9.17, 15) is 18.0 Å². The van der Waals surface area contributed by atoms with Gasteiger partial charge in [-0.3, -0.25) is 9.59 Å². The summed E-state index contributed by atoms with van der Waals surface area (Å²) >= 11 is 0. The molecule has 2 aliphatic heterocycles. The molecule has 0 bridgehead atoms. The first kappa shape index (κ1) is 30.5. The van der Waals surface area contributed by atoms with Crippen molar-refractivity contribution in [1.82, 2.24) is 10.2 Å². The van der Waals surface area contributed by atoms with Crippen LogP contribution in [0.1, 0.15) is 68.7 Å². The van der Waals surface area contributed by atoms with E-state index in [-0.39, 0.29) is 28.6 Å². The van der Waals surface area contributed by atoms with Crippen LogP contribution in [0.3, 0.4) is 0 Å². The fourth-order valence-corrected chi connectivity index (χ4v) is 6.73. The van der Waals surface area contributed by atoms with Crippen molar-refractivity contribution in [3.05, 3.63) is 34.4 Å². The van der Waals surface area contributed by atoms with Gasteiger partial charge in [-0.15, -0.1) is 4.40 Å². The summed E-state index contributed by atoms with van der Waals surface area (Å²) in [6.45, 7) is 16.7. The number of ether oxygens (including phenoxy) is 2. The summed E-state index contributed by atoms with van der Waals surface area (Å²) < 4.78 is 41.5. The summed E-state index contributed by atoms with van der Waals surface area (Å²) in [5.41, 5.74) is 8.91. The molecule has 0 atom stereocenters. The Kier molecular flexibility index (Phi) is 9.35. The SMILES string of the molecule is C=C(CCCN/C(N)=N/S(=O)(=O)c1c(C)c(C)c2c(c1C)CC(C)(C)O2)C(=O)N1CCC(C(=O)OCC)CC1. The summed E-state index contributed by atoms with van der Waals surface area (Å²) in [6, 6.07) is 0. The van der Waals surface area contributed by atoms with Crippen molar-refractivity contribution in [1.29, 1.82) is 0 Å². The lowest BCUT2D eigenvalue weighted by atomic mass is 9.94. The maximum atomic E-state index is 13.3. The number of hydrogen-bond acceptors (Lipinski definition) is 6. The van der Waals surface area contributed by atoms with Crippen molar-refractivity contribution >= 4 is 27.9 Å². The van der Waals surface area contributed by atoms with Gasteiger partial charge in [-0.25, -0.2) is 0 Å². The van der Waals surface area contributed by atoms with Crippen LogP contribution in [0.2, 0.25) is 0 Å². The lowest BCUT2D eigenvalue weighted by Crippen LogP contribution is -2.41. The van der Waals surface area contributed by atoms with E-state index in [2.05, 4.69) is 16.3 Å². The summed E-state index contributed by atoms with van der Waals surface area (Å²) in [5.74, 6) is 0.0409. The third-order valence-corrected chi connectivity index (χ3v) is 9.00. The van der Waals surface area contributed by atoms with E-state index < -0.39 is 15.6 Å². The number of carbonyl (C=O) groups excluding carboxylic acids is 2. The molecular weight excluding hydrogens is 520 g/mol. The Morgan fingerprint density at radius 3 is 2.44 bits per heavy atom. The van der Waals surface area contributed by atoms with Gasteiger partial charge in [0.1, 0.15) is 11.4 Å². The topological polar surface area (TPSA) is 140 Å². The molecule has 39 heavy (non-hydrogen) atoms. The van der Waals surface area contributed by atoms with Crippen molar-refractivity contribution in [3.63, 3.8) is 0 Å². The number of carbonyl (C=O) groups is 2. The standard InChI is InChI=1S/C28H42N4O6S/c1-8-37-26(34)21-11-14-32(15-12-21)25(33)17(2)10-9-13-30-27(29)31-39(35,36)24-19(4)18(3)23-22(20(24)5)16-28(6,7)38-23/h21H,2,8-16H2,1,3-7H3,(H3,29,30,31). The third-order valence-electron chi connectivity index (χ3n) is 7.43. The highest BCUT2D eigenvalue weighted by atomic mass is 32.2. The number of benzene rings is 1. The van der Waals surface area contributed by atoms with Crippen molar-refractivity contribution < 1.29 is 27.5 Å². The van der Waals surface area contributed by atoms with Gasteiger partial charge in [-0.2, -0.15) is 8.42 Å². The van der Waals surface area contributed by atoms with Crippen LogP contribution in [0.5, 0.6) is 5.75 Å². The molecular formula is C28H42N4O6S. The molecule has 0 radical (unpaired) electrons. The Hall–Kier alpha value is -3.08. The van der Waals surface area contributed by atoms with E-state index in [4.69, 9.17) is 15.2 Å². The molecule has 11 heteroatoms. The van der Waals surface area contributed by atoms with E-state index in [1.807, 2.05) is 20.8 Å². The van der Waals surface area contributed by atoms with Gasteiger partial charge in [-0.1, -0.05) is 6.58 Å². The quantitative estimate of drug-likeness (QED) is 0.154. The summed E-state index contributed by atoms with van der Waals surface area (Å²) in [7, 11) is -4.06. The first-order valence-corrected chi connectivity index (χ1v) is 14.9. The number of sulfonamides is 1. The molecule has 0 aliphatic carbocycles. The predicted molar refractivity (Wildman–Crippen MR) is 150 cm³/mol. The van der Waals surface area contributed by atoms with Gasteiger partial charge in [0.05, 0.1) is 17.4 Å². The van der Waals surface area contributed by atoms with Gasteiger partial charge < -0.3 is 25.4 Å². The Morgan fingerprint density at radius 2 is 1.82 bits per heavy atom. The fourth-order valence-electron chi connectivity index (χ4n) is 5.27. The largest absolute Gasteiger partial charge is 0.487 e. The monoisotopic (exact) mass is 562 g/mol. The maximum absolute atomic E-state index is 13.3. The minimum atomic E-state index is -4.06. The van der Waals surface area contributed by atoms with Gasteiger partial charge in [0, 0.05) is 37.2 Å². The highest BCUT2D eigenvalue weighted by Crippen LogP contribution is 2.44. The number of piperidine rings is 1. The number of fused-ring (bicyclic) bond motifs is 1. The second-order valence-corrected chi connectivity index (χ2v) is 12.5. The van der Waals surface area contributed by atoms with Gasteiger partial charge in [0.2, 0.25) is 11.9 Å². The normalized spacial score (nSPS) is 17.4. The Morgan fingerprint density at radius 1 is 1.18 bits per heavy atom. The number of nitrogens with zero attached hydrogens (tertiary/aromatic N) is 2. The molecule has 1 fully saturated rings. The zero-order valence-electron chi connectivity index (χ0n) is 24.0. The molecule has 10 nitrogen and oxygen atoms in total. The summed E-state index contributed by atoms with van der Waals surface area (Å²) in [5, 5.41) is 2.84. The average Bonchev–Trinajstić information content (AvgIpc) is 3.20. The van der Waals surface area contributed by atoms with Crippen LogP contribution in [0, 0.1) is 26.7 Å². The van der Waals surface area contributed by atoms with E-state index in [1.54, 1.807) is 25.7 Å². The third kappa shape index (κ3) is 6.93.